The van der Waals surface area contributed by atoms with Crippen LogP contribution < -0.4 is 5.32 Å². The number of likely N-dealkylation sites (tertiary alicyclic amines) is 2. The summed E-state index contributed by atoms with van der Waals surface area (Å²) in [6.45, 7) is 14.4. The molecule has 2 aliphatic heterocycles. The number of hydrogen-bond donors (Lipinski definition) is 1. The number of carbonyl (C=O) groups is 2. The first-order valence-corrected chi connectivity index (χ1v) is 15.2. The third kappa shape index (κ3) is 7.11. The predicted molar refractivity (Wildman–Crippen MR) is 160 cm³/mol. The van der Waals surface area contributed by atoms with E-state index in [4.69, 9.17) is 11.6 Å². The molecule has 2 aliphatic rings. The molecule has 2 saturated heterocycles. The molecule has 2 aromatic rings. The average molecular weight is 588 g/mol. The maximum Gasteiger partial charge on any atom is 0.226 e. The second kappa shape index (κ2) is 12.8. The first kappa shape index (κ1) is 31.4. The van der Waals surface area contributed by atoms with Crippen molar-refractivity contribution in [1.29, 1.82) is 0 Å². The third-order valence-corrected chi connectivity index (χ3v) is 9.42. The van der Waals surface area contributed by atoms with E-state index in [-0.39, 0.29) is 41.1 Å². The molecule has 8 heteroatoms. The molecule has 0 radical (unpaired) electrons. The lowest BCUT2D eigenvalue weighted by molar-refractivity contribution is -0.139. The average Bonchev–Trinajstić information content (AvgIpc) is 2.92. The van der Waals surface area contributed by atoms with Crippen LogP contribution in [-0.4, -0.2) is 53.3 Å². The molecular weight excluding hydrogens is 544 g/mol. The molecule has 1 unspecified atom stereocenters. The highest BCUT2D eigenvalue weighted by atomic mass is 35.5. The summed E-state index contributed by atoms with van der Waals surface area (Å²) in [6, 6.07) is 7.75. The Hall–Kier alpha value is -2.51. The Morgan fingerprint density at radius 2 is 1.73 bits per heavy atom. The molecule has 1 N–H and O–H groups in total. The third-order valence-electron chi connectivity index (χ3n) is 9.01. The first-order chi connectivity index (χ1) is 19.3. The number of aryl methyl sites for hydroxylation is 1. The predicted octanol–water partition coefficient (Wildman–Crippen LogP) is 7.12. The molecule has 3 atom stereocenters. The SMILES string of the molecule is CCC(NC(C)=O)c1cc(C)c(Cl)cc1C1CCN(C(=O)[C@@H]2CCN(C(C)(C)C)C[C@H]2c2ccc(F)cc2F)CC1. The summed E-state index contributed by atoms with van der Waals surface area (Å²) >= 11 is 6.57. The van der Waals surface area contributed by atoms with E-state index < -0.39 is 11.6 Å². The molecule has 0 aromatic heterocycles. The minimum absolute atomic E-state index is 0.0533. The van der Waals surface area contributed by atoms with Gasteiger partial charge in [-0.1, -0.05) is 30.7 Å². The Morgan fingerprint density at radius 1 is 1.05 bits per heavy atom. The zero-order valence-electron chi connectivity index (χ0n) is 25.2. The molecule has 2 fully saturated rings. The lowest BCUT2D eigenvalue weighted by atomic mass is 9.77. The summed E-state index contributed by atoms with van der Waals surface area (Å²) in [6.07, 6.45) is 2.96. The highest BCUT2D eigenvalue weighted by Gasteiger charge is 2.41. The van der Waals surface area contributed by atoms with E-state index in [1.165, 1.54) is 19.1 Å². The molecule has 4 rings (SSSR count). The zero-order chi connectivity index (χ0) is 30.1. The number of rotatable bonds is 6. The quantitative estimate of drug-likeness (QED) is 0.391. The number of hydrogen-bond acceptors (Lipinski definition) is 3. The fraction of sp³-hybridized carbons (Fsp3) is 0.576. The molecule has 41 heavy (non-hydrogen) atoms. The summed E-state index contributed by atoms with van der Waals surface area (Å²) < 4.78 is 28.8. The zero-order valence-corrected chi connectivity index (χ0v) is 26.0. The van der Waals surface area contributed by atoms with Gasteiger partial charge < -0.3 is 10.2 Å². The van der Waals surface area contributed by atoms with Crippen molar-refractivity contribution in [3.05, 3.63) is 69.2 Å². The smallest absolute Gasteiger partial charge is 0.226 e. The van der Waals surface area contributed by atoms with Gasteiger partial charge in [0, 0.05) is 55.0 Å². The van der Waals surface area contributed by atoms with Crippen molar-refractivity contribution in [1.82, 2.24) is 15.1 Å². The van der Waals surface area contributed by atoms with E-state index >= 15 is 4.39 Å². The number of nitrogens with one attached hydrogen (secondary N) is 1. The lowest BCUT2D eigenvalue weighted by Crippen LogP contribution is -2.53. The molecule has 2 amide bonds. The molecule has 0 bridgehead atoms. The van der Waals surface area contributed by atoms with Crippen molar-refractivity contribution in [2.45, 2.75) is 90.6 Å². The maximum atomic E-state index is 15.0. The monoisotopic (exact) mass is 587 g/mol. The summed E-state index contributed by atoms with van der Waals surface area (Å²) in [5, 5.41) is 3.78. The van der Waals surface area contributed by atoms with Crippen molar-refractivity contribution in [3.8, 4) is 0 Å². The molecule has 5 nitrogen and oxygen atoms in total. The van der Waals surface area contributed by atoms with Gasteiger partial charge in [0.15, 0.2) is 0 Å². The van der Waals surface area contributed by atoms with Crippen LogP contribution in [0.15, 0.2) is 30.3 Å². The molecule has 224 valence electrons. The Balaban J connectivity index is 1.54. The highest BCUT2D eigenvalue weighted by molar-refractivity contribution is 6.31. The van der Waals surface area contributed by atoms with Crippen LogP contribution >= 0.6 is 11.6 Å². The van der Waals surface area contributed by atoms with E-state index in [1.807, 2.05) is 17.9 Å². The largest absolute Gasteiger partial charge is 0.350 e. The van der Waals surface area contributed by atoms with Crippen LogP contribution in [-0.2, 0) is 9.59 Å². The van der Waals surface area contributed by atoms with Crippen molar-refractivity contribution in [3.63, 3.8) is 0 Å². The Labute approximate surface area is 248 Å². The van der Waals surface area contributed by atoms with Crippen LogP contribution in [0.1, 0.15) is 100 Å². The van der Waals surface area contributed by atoms with E-state index in [9.17, 15) is 14.0 Å². The molecule has 2 aromatic carbocycles. The van der Waals surface area contributed by atoms with E-state index in [0.717, 1.165) is 48.6 Å². The van der Waals surface area contributed by atoms with Crippen LogP contribution in [0.5, 0.6) is 0 Å². The minimum Gasteiger partial charge on any atom is -0.350 e. The highest BCUT2D eigenvalue weighted by Crippen LogP contribution is 2.40. The van der Waals surface area contributed by atoms with Crippen LogP contribution in [0.3, 0.4) is 0 Å². The molecular formula is C33H44ClF2N3O2. The van der Waals surface area contributed by atoms with Gasteiger partial charge in [-0.05, 0) is 100 Å². The van der Waals surface area contributed by atoms with Crippen LogP contribution in [0, 0.1) is 24.5 Å². The van der Waals surface area contributed by atoms with Gasteiger partial charge in [0.1, 0.15) is 11.6 Å². The van der Waals surface area contributed by atoms with Gasteiger partial charge in [-0.25, -0.2) is 8.78 Å². The van der Waals surface area contributed by atoms with Crippen molar-refractivity contribution < 1.29 is 18.4 Å². The van der Waals surface area contributed by atoms with Gasteiger partial charge in [0.25, 0.3) is 0 Å². The first-order valence-electron chi connectivity index (χ1n) is 14.9. The molecule has 2 heterocycles. The van der Waals surface area contributed by atoms with Crippen molar-refractivity contribution in [2.75, 3.05) is 26.2 Å². The number of halogens is 3. The molecule has 0 saturated carbocycles. The number of piperidine rings is 2. The van der Waals surface area contributed by atoms with E-state index in [0.29, 0.717) is 36.6 Å². The van der Waals surface area contributed by atoms with Gasteiger partial charge in [-0.2, -0.15) is 0 Å². The standard InChI is InChI=1S/C33H44ClF2N3O2/c1-7-31(37-21(3)40)27-16-20(2)29(34)18-26(27)22-10-13-38(14-11-22)32(41)25-12-15-39(33(4,5)6)19-28(25)24-9-8-23(35)17-30(24)36/h8-9,16-18,22,25,28,31H,7,10-15,19H2,1-6H3,(H,37,40)/t25-,28+,31?/m1/s1. The Bertz CT molecular complexity index is 1270. The topological polar surface area (TPSA) is 52.7 Å². The van der Waals surface area contributed by atoms with Gasteiger partial charge in [-0.3, -0.25) is 14.5 Å². The fourth-order valence-corrected chi connectivity index (χ4v) is 6.81. The summed E-state index contributed by atoms with van der Waals surface area (Å²) in [5.41, 5.74) is 3.49. The lowest BCUT2D eigenvalue weighted by Gasteiger charge is -2.46. The second-order valence-corrected chi connectivity index (χ2v) is 13.2. The van der Waals surface area contributed by atoms with Gasteiger partial charge in [-0.15, -0.1) is 0 Å². The number of carbonyl (C=O) groups excluding carboxylic acids is 2. The Kier molecular flexibility index (Phi) is 9.80. The van der Waals surface area contributed by atoms with Crippen molar-refractivity contribution in [2.24, 2.45) is 5.92 Å². The van der Waals surface area contributed by atoms with Crippen LogP contribution in [0.4, 0.5) is 8.78 Å². The number of amides is 2. The van der Waals surface area contributed by atoms with Gasteiger partial charge >= 0.3 is 0 Å². The normalized spacial score (nSPS) is 21.5. The summed E-state index contributed by atoms with van der Waals surface area (Å²) in [4.78, 5) is 30.1. The van der Waals surface area contributed by atoms with Crippen molar-refractivity contribution >= 4 is 23.4 Å². The number of benzene rings is 2. The fourth-order valence-electron chi connectivity index (χ4n) is 6.64. The van der Waals surface area contributed by atoms with Crippen LogP contribution in [0.25, 0.3) is 0 Å². The Morgan fingerprint density at radius 3 is 2.32 bits per heavy atom. The minimum atomic E-state index is -0.612. The molecule has 0 aliphatic carbocycles. The van der Waals surface area contributed by atoms with Gasteiger partial charge in [0.2, 0.25) is 11.8 Å². The summed E-state index contributed by atoms with van der Waals surface area (Å²) in [7, 11) is 0. The van der Waals surface area contributed by atoms with Gasteiger partial charge in [0.05, 0.1) is 6.04 Å². The second-order valence-electron chi connectivity index (χ2n) is 12.8. The maximum absolute atomic E-state index is 15.0. The van der Waals surface area contributed by atoms with Crippen LogP contribution in [0.2, 0.25) is 5.02 Å². The molecule has 0 spiro atoms. The number of nitrogens with zero attached hydrogens (tertiary/aromatic N) is 2. The van der Waals surface area contributed by atoms with E-state index in [1.54, 1.807) is 0 Å². The van der Waals surface area contributed by atoms with E-state index in [2.05, 4.69) is 44.0 Å². The summed E-state index contributed by atoms with van der Waals surface area (Å²) in [5.74, 6) is -1.71.